The molecule has 106 valence electrons. The molecule has 5 heteroatoms. The first-order valence-electron chi connectivity index (χ1n) is 6.45. The highest BCUT2D eigenvalue weighted by Crippen LogP contribution is 2.21. The Morgan fingerprint density at radius 2 is 2.05 bits per heavy atom. The summed E-state index contributed by atoms with van der Waals surface area (Å²) >= 11 is 0. The van der Waals surface area contributed by atoms with Crippen molar-refractivity contribution in [2.24, 2.45) is 5.73 Å². The van der Waals surface area contributed by atoms with Gasteiger partial charge in [0.2, 0.25) is 0 Å². The number of likely N-dealkylation sites (N-methyl/N-ethyl adjacent to an activating group) is 1. The molecule has 2 N–H and O–H groups in total. The van der Waals surface area contributed by atoms with Gasteiger partial charge in [-0.3, -0.25) is 4.79 Å². The van der Waals surface area contributed by atoms with Gasteiger partial charge in [-0.2, -0.15) is 0 Å². The van der Waals surface area contributed by atoms with Crippen LogP contribution in [0, 0.1) is 5.82 Å². The molecule has 0 saturated carbocycles. The van der Waals surface area contributed by atoms with Gasteiger partial charge in [0.25, 0.3) is 5.91 Å². The molecule has 0 radical (unpaired) electrons. The van der Waals surface area contributed by atoms with Gasteiger partial charge in [-0.15, -0.1) is 0 Å². The van der Waals surface area contributed by atoms with Crippen LogP contribution in [0.25, 0.3) is 0 Å². The maximum Gasteiger partial charge on any atom is 0.260 e. The van der Waals surface area contributed by atoms with E-state index in [-0.39, 0.29) is 24.3 Å². The minimum Gasteiger partial charge on any atom is -0.481 e. The average Bonchev–Trinajstić information content (AvgIpc) is 2.38. The van der Waals surface area contributed by atoms with Crippen LogP contribution < -0.4 is 10.5 Å². The Morgan fingerprint density at radius 1 is 1.42 bits per heavy atom. The van der Waals surface area contributed by atoms with E-state index in [4.69, 9.17) is 10.5 Å². The van der Waals surface area contributed by atoms with Crippen molar-refractivity contribution in [2.75, 3.05) is 19.7 Å². The molecule has 0 saturated heterocycles. The van der Waals surface area contributed by atoms with Crippen molar-refractivity contribution in [3.05, 3.63) is 29.6 Å². The lowest BCUT2D eigenvalue weighted by atomic mass is 10.1. The maximum atomic E-state index is 13.7. The van der Waals surface area contributed by atoms with Gasteiger partial charge >= 0.3 is 0 Å². The monoisotopic (exact) mass is 268 g/mol. The van der Waals surface area contributed by atoms with E-state index in [1.54, 1.807) is 17.9 Å². The molecule has 0 aliphatic heterocycles. The van der Waals surface area contributed by atoms with E-state index in [1.165, 1.54) is 12.1 Å². The largest absolute Gasteiger partial charge is 0.481 e. The number of halogens is 1. The molecule has 0 heterocycles. The van der Waals surface area contributed by atoms with Gasteiger partial charge in [0.05, 0.1) is 0 Å². The van der Waals surface area contributed by atoms with Crippen molar-refractivity contribution in [1.82, 2.24) is 4.90 Å². The van der Waals surface area contributed by atoms with Gasteiger partial charge in [-0.05, 0) is 38.5 Å². The van der Waals surface area contributed by atoms with Gasteiger partial charge in [0.1, 0.15) is 0 Å². The number of nitrogens with zero attached hydrogens (tertiary/aromatic N) is 1. The summed E-state index contributed by atoms with van der Waals surface area (Å²) in [6, 6.07) is 4.30. The molecule has 0 aliphatic rings. The minimum absolute atomic E-state index is 0.0740. The van der Waals surface area contributed by atoms with E-state index in [9.17, 15) is 9.18 Å². The summed E-state index contributed by atoms with van der Waals surface area (Å²) in [5.74, 6) is -0.576. The summed E-state index contributed by atoms with van der Waals surface area (Å²) in [5.41, 5.74) is 6.36. The fourth-order valence-corrected chi connectivity index (χ4v) is 1.72. The van der Waals surface area contributed by atoms with Crippen LogP contribution in [0.2, 0.25) is 0 Å². The van der Waals surface area contributed by atoms with Crippen LogP contribution in [-0.2, 0) is 4.79 Å². The molecule has 1 amide bonds. The lowest BCUT2D eigenvalue weighted by Crippen LogP contribution is -2.34. The van der Waals surface area contributed by atoms with Gasteiger partial charge in [-0.25, -0.2) is 4.39 Å². The molecule has 1 atom stereocenters. The standard InChI is InChI=1S/C14H21FN2O2/c1-4-17(5-2)14(18)9-19-13-7-6-11(10(3)16)8-12(13)15/h6-8,10H,4-5,9,16H2,1-3H3/t10-/m0/s1. The molecule has 1 aromatic rings. The Labute approximate surface area is 113 Å². The molecule has 0 unspecified atom stereocenters. The van der Waals surface area contributed by atoms with Crippen LogP contribution in [0.1, 0.15) is 32.4 Å². The number of benzene rings is 1. The minimum atomic E-state index is -0.498. The first-order chi connectivity index (χ1) is 8.99. The van der Waals surface area contributed by atoms with E-state index in [0.717, 1.165) is 0 Å². The summed E-state index contributed by atoms with van der Waals surface area (Å²) < 4.78 is 18.9. The molecule has 4 nitrogen and oxygen atoms in total. The van der Waals surface area contributed by atoms with Gasteiger partial charge in [0.15, 0.2) is 18.2 Å². The average molecular weight is 268 g/mol. The predicted molar refractivity (Wildman–Crippen MR) is 72.4 cm³/mol. The third-order valence-corrected chi connectivity index (χ3v) is 2.95. The van der Waals surface area contributed by atoms with E-state index in [2.05, 4.69) is 0 Å². The smallest absolute Gasteiger partial charge is 0.260 e. The zero-order chi connectivity index (χ0) is 14.4. The Balaban J connectivity index is 2.66. The van der Waals surface area contributed by atoms with Crippen molar-refractivity contribution in [1.29, 1.82) is 0 Å². The van der Waals surface area contributed by atoms with Gasteiger partial charge in [-0.1, -0.05) is 6.07 Å². The second-order valence-corrected chi connectivity index (χ2v) is 4.33. The second-order valence-electron chi connectivity index (χ2n) is 4.33. The highest BCUT2D eigenvalue weighted by Gasteiger charge is 2.12. The Morgan fingerprint density at radius 3 is 2.53 bits per heavy atom. The van der Waals surface area contributed by atoms with Crippen molar-refractivity contribution in [3.63, 3.8) is 0 Å². The third-order valence-electron chi connectivity index (χ3n) is 2.95. The number of carbonyl (C=O) groups is 1. The number of hydrogen-bond acceptors (Lipinski definition) is 3. The van der Waals surface area contributed by atoms with Crippen molar-refractivity contribution in [3.8, 4) is 5.75 Å². The fourth-order valence-electron chi connectivity index (χ4n) is 1.72. The number of ether oxygens (including phenoxy) is 1. The van der Waals surface area contributed by atoms with Crippen LogP contribution in [0.5, 0.6) is 5.75 Å². The van der Waals surface area contributed by atoms with E-state index >= 15 is 0 Å². The summed E-state index contributed by atoms with van der Waals surface area (Å²) in [6.07, 6.45) is 0. The van der Waals surface area contributed by atoms with Crippen LogP contribution in [0.15, 0.2) is 18.2 Å². The number of amides is 1. The first-order valence-corrected chi connectivity index (χ1v) is 6.45. The predicted octanol–water partition coefficient (Wildman–Crippen LogP) is 2.09. The molecular weight excluding hydrogens is 247 g/mol. The topological polar surface area (TPSA) is 55.6 Å². The molecule has 0 spiro atoms. The fraction of sp³-hybridized carbons (Fsp3) is 0.500. The molecule has 1 aromatic carbocycles. The Kier molecular flexibility index (Phi) is 5.76. The van der Waals surface area contributed by atoms with Crippen LogP contribution >= 0.6 is 0 Å². The first kappa shape index (κ1) is 15.4. The second kappa shape index (κ2) is 7.09. The molecule has 19 heavy (non-hydrogen) atoms. The SMILES string of the molecule is CCN(CC)C(=O)COc1ccc([C@H](C)N)cc1F. The van der Waals surface area contributed by atoms with Crippen molar-refractivity contribution in [2.45, 2.75) is 26.8 Å². The summed E-state index contributed by atoms with van der Waals surface area (Å²) in [6.45, 7) is 6.63. The Bertz CT molecular complexity index is 431. The van der Waals surface area contributed by atoms with Crippen LogP contribution in [0.3, 0.4) is 0 Å². The van der Waals surface area contributed by atoms with Crippen molar-refractivity contribution < 1.29 is 13.9 Å². The van der Waals surface area contributed by atoms with Gasteiger partial charge < -0.3 is 15.4 Å². The molecule has 0 bridgehead atoms. The molecule has 0 fully saturated rings. The summed E-state index contributed by atoms with van der Waals surface area (Å²) in [7, 11) is 0. The normalized spacial score (nSPS) is 12.1. The van der Waals surface area contributed by atoms with E-state index < -0.39 is 5.82 Å². The molecule has 1 rings (SSSR count). The maximum absolute atomic E-state index is 13.7. The van der Waals surface area contributed by atoms with E-state index in [1.807, 2.05) is 13.8 Å². The Hall–Kier alpha value is -1.62. The van der Waals surface area contributed by atoms with Gasteiger partial charge in [0, 0.05) is 19.1 Å². The molecule has 0 aromatic heterocycles. The highest BCUT2D eigenvalue weighted by atomic mass is 19.1. The van der Waals surface area contributed by atoms with E-state index in [0.29, 0.717) is 18.7 Å². The molecule has 0 aliphatic carbocycles. The number of rotatable bonds is 6. The number of carbonyl (C=O) groups excluding carboxylic acids is 1. The van der Waals surface area contributed by atoms with Crippen molar-refractivity contribution >= 4 is 5.91 Å². The highest BCUT2D eigenvalue weighted by molar-refractivity contribution is 5.77. The van der Waals surface area contributed by atoms with Crippen LogP contribution in [-0.4, -0.2) is 30.5 Å². The lowest BCUT2D eigenvalue weighted by molar-refractivity contribution is -0.133. The third kappa shape index (κ3) is 4.21. The summed E-state index contributed by atoms with van der Waals surface area (Å²) in [5, 5.41) is 0. The number of nitrogens with two attached hydrogens (primary N) is 1. The zero-order valence-corrected chi connectivity index (χ0v) is 11.6. The van der Waals surface area contributed by atoms with Crippen LogP contribution in [0.4, 0.5) is 4.39 Å². The molecular formula is C14H21FN2O2. The zero-order valence-electron chi connectivity index (χ0n) is 11.6. The summed E-state index contributed by atoms with van der Waals surface area (Å²) in [4.78, 5) is 13.4. The lowest BCUT2D eigenvalue weighted by Gasteiger charge is -2.19. The quantitative estimate of drug-likeness (QED) is 0.859. The number of hydrogen-bond donors (Lipinski definition) is 1.